The van der Waals surface area contributed by atoms with Crippen LogP contribution in [0.1, 0.15) is 41.5 Å². The van der Waals surface area contributed by atoms with Gasteiger partial charge in [0.05, 0.1) is 8.07 Å². The molecule has 0 aromatic carbocycles. The van der Waals surface area contributed by atoms with Crippen molar-refractivity contribution < 1.29 is 4.11 Å². The molecule has 0 aliphatic rings. The summed E-state index contributed by atoms with van der Waals surface area (Å²) in [4.78, 5) is 0. The molecule has 0 radical (unpaired) electrons. The van der Waals surface area contributed by atoms with Crippen LogP contribution in [-0.4, -0.2) is 16.5 Å². The first-order valence-corrected chi connectivity index (χ1v) is 11.7. The SMILES string of the molecule is CC(C)(C)[Si](C)(C)C[Si](C)(F)C(C)(C)C. The first kappa shape index (κ1) is 15.4. The molecule has 92 valence electrons. The van der Waals surface area contributed by atoms with E-state index in [1.807, 2.05) is 6.55 Å². The van der Waals surface area contributed by atoms with Gasteiger partial charge >= 0.3 is 0 Å². The molecule has 0 fully saturated rings. The molecule has 1 atom stereocenters. The van der Waals surface area contributed by atoms with Crippen molar-refractivity contribution in [1.29, 1.82) is 0 Å². The molecule has 15 heavy (non-hydrogen) atoms. The fraction of sp³-hybridized carbons (Fsp3) is 1.00. The molecule has 0 nitrogen and oxygen atoms in total. The molecular weight excluding hydrogens is 219 g/mol. The molecule has 0 spiro atoms. The van der Waals surface area contributed by atoms with Crippen molar-refractivity contribution in [3.63, 3.8) is 0 Å². The Morgan fingerprint density at radius 3 is 1.33 bits per heavy atom. The summed E-state index contributed by atoms with van der Waals surface area (Å²) in [5, 5.41) is 0.182. The summed E-state index contributed by atoms with van der Waals surface area (Å²) in [6, 6.07) is 0. The lowest BCUT2D eigenvalue weighted by molar-refractivity contribution is 0.613. The lowest BCUT2D eigenvalue weighted by atomic mass is 10.2. The maximum atomic E-state index is 14.8. The molecule has 0 aromatic rings. The van der Waals surface area contributed by atoms with Crippen LogP contribution in [0.25, 0.3) is 0 Å². The Bertz CT molecular complexity index is 195. The van der Waals surface area contributed by atoms with Crippen LogP contribution in [-0.2, 0) is 0 Å². The molecule has 0 aromatic heterocycles. The van der Waals surface area contributed by atoms with E-state index in [1.165, 1.54) is 0 Å². The Morgan fingerprint density at radius 2 is 1.13 bits per heavy atom. The molecule has 0 heterocycles. The van der Waals surface area contributed by atoms with E-state index in [1.54, 1.807) is 0 Å². The molecule has 0 saturated heterocycles. The highest BCUT2D eigenvalue weighted by Crippen LogP contribution is 2.47. The molecule has 3 heteroatoms. The predicted molar refractivity (Wildman–Crippen MR) is 74.4 cm³/mol. The van der Waals surface area contributed by atoms with Crippen molar-refractivity contribution in [3.05, 3.63) is 0 Å². The van der Waals surface area contributed by atoms with Crippen molar-refractivity contribution in [2.45, 2.75) is 76.9 Å². The zero-order valence-corrected chi connectivity index (χ0v) is 14.1. The standard InChI is InChI=1S/C12H29FSi2/c1-11(2,3)14(7,8)10-15(9,13)12(4,5)6/h10H2,1-9H3. The maximum Gasteiger partial charge on any atom is 0.246 e. The van der Waals surface area contributed by atoms with Crippen LogP contribution in [0, 0.1) is 0 Å². The van der Waals surface area contributed by atoms with E-state index in [0.717, 1.165) is 5.67 Å². The fourth-order valence-electron chi connectivity index (χ4n) is 1.36. The van der Waals surface area contributed by atoms with Gasteiger partial charge in [-0.2, -0.15) is 0 Å². The summed E-state index contributed by atoms with van der Waals surface area (Å²) in [6.07, 6.45) is 0. The molecule has 0 N–H and O–H groups in total. The lowest BCUT2D eigenvalue weighted by Gasteiger charge is -2.43. The van der Waals surface area contributed by atoms with Gasteiger partial charge in [0.25, 0.3) is 0 Å². The third-order valence-corrected chi connectivity index (χ3v) is 17.7. The highest BCUT2D eigenvalue weighted by molar-refractivity contribution is 6.95. The summed E-state index contributed by atoms with van der Waals surface area (Å²) in [5.74, 6) is 0. The Labute approximate surface area is 97.9 Å². The van der Waals surface area contributed by atoms with E-state index >= 15 is 0 Å². The van der Waals surface area contributed by atoms with Gasteiger partial charge in [0, 0.05) is 0 Å². The average Bonchev–Trinajstić information content (AvgIpc) is 1.77. The maximum absolute atomic E-state index is 14.8. The predicted octanol–water partition coefficient (Wildman–Crippen LogP) is 5.38. The number of rotatable bonds is 2. The van der Waals surface area contributed by atoms with E-state index in [2.05, 4.69) is 54.6 Å². The van der Waals surface area contributed by atoms with Crippen molar-refractivity contribution in [2.75, 3.05) is 0 Å². The highest BCUT2D eigenvalue weighted by atomic mass is 28.4. The zero-order chi connectivity index (χ0) is 12.7. The van der Waals surface area contributed by atoms with E-state index in [0.29, 0.717) is 5.04 Å². The summed E-state index contributed by atoms with van der Waals surface area (Å²) < 4.78 is 14.8. The normalized spacial score (nSPS) is 18.8. The van der Waals surface area contributed by atoms with Crippen LogP contribution in [0.15, 0.2) is 0 Å². The van der Waals surface area contributed by atoms with Gasteiger partial charge in [-0.05, 0) is 22.3 Å². The van der Waals surface area contributed by atoms with Gasteiger partial charge in [0.2, 0.25) is 8.41 Å². The van der Waals surface area contributed by atoms with Crippen LogP contribution >= 0.6 is 0 Å². The van der Waals surface area contributed by atoms with Crippen molar-refractivity contribution in [2.24, 2.45) is 0 Å². The Morgan fingerprint density at radius 1 is 0.800 bits per heavy atom. The first-order valence-electron chi connectivity index (χ1n) is 5.90. The third kappa shape index (κ3) is 3.70. The first-order chi connectivity index (χ1) is 6.21. The summed E-state index contributed by atoms with van der Waals surface area (Å²) >= 11 is 0. The molecule has 0 rings (SSSR count). The fourth-order valence-corrected chi connectivity index (χ4v) is 12.2. The number of halogens is 1. The molecular formula is C12H29FSi2. The van der Waals surface area contributed by atoms with Gasteiger partial charge in [0.15, 0.2) is 0 Å². The van der Waals surface area contributed by atoms with Crippen molar-refractivity contribution in [1.82, 2.24) is 0 Å². The van der Waals surface area contributed by atoms with Crippen LogP contribution < -0.4 is 0 Å². The minimum atomic E-state index is -2.59. The molecule has 0 saturated carbocycles. The highest BCUT2D eigenvalue weighted by Gasteiger charge is 2.49. The van der Waals surface area contributed by atoms with Gasteiger partial charge in [-0.15, -0.1) is 0 Å². The quantitative estimate of drug-likeness (QED) is 0.455. The molecule has 0 amide bonds. The largest absolute Gasteiger partial charge is 0.314 e. The van der Waals surface area contributed by atoms with Gasteiger partial charge in [-0.1, -0.05) is 54.6 Å². The summed E-state index contributed by atoms with van der Waals surface area (Å²) in [6.45, 7) is 19.6. The molecule has 1 unspecified atom stereocenters. The van der Waals surface area contributed by atoms with E-state index in [9.17, 15) is 4.11 Å². The van der Waals surface area contributed by atoms with Gasteiger partial charge in [0.1, 0.15) is 0 Å². The second-order valence-electron chi connectivity index (χ2n) is 7.76. The van der Waals surface area contributed by atoms with Crippen LogP contribution in [0.2, 0.25) is 35.4 Å². The molecule has 0 bridgehead atoms. The Hall–Kier alpha value is 0.364. The van der Waals surface area contributed by atoms with Crippen LogP contribution in [0.4, 0.5) is 4.11 Å². The summed E-state index contributed by atoms with van der Waals surface area (Å²) in [7, 11) is -4.05. The second-order valence-corrected chi connectivity index (χ2v) is 18.3. The van der Waals surface area contributed by atoms with Crippen LogP contribution in [0.3, 0.4) is 0 Å². The topological polar surface area (TPSA) is 0 Å². The minimum Gasteiger partial charge on any atom is -0.314 e. The van der Waals surface area contributed by atoms with Crippen LogP contribution in [0.5, 0.6) is 0 Å². The van der Waals surface area contributed by atoms with Crippen molar-refractivity contribution in [3.8, 4) is 0 Å². The Balaban J connectivity index is 4.89. The Kier molecular flexibility index (Phi) is 4.08. The number of hydrogen-bond donors (Lipinski definition) is 0. The van der Waals surface area contributed by atoms with Gasteiger partial charge in [-0.3, -0.25) is 0 Å². The van der Waals surface area contributed by atoms with E-state index < -0.39 is 16.5 Å². The summed E-state index contributed by atoms with van der Waals surface area (Å²) in [5.41, 5.74) is 0.882. The zero-order valence-electron chi connectivity index (χ0n) is 12.1. The molecule has 0 aliphatic heterocycles. The minimum absolute atomic E-state index is 0.123. The van der Waals surface area contributed by atoms with E-state index in [-0.39, 0.29) is 5.04 Å². The van der Waals surface area contributed by atoms with Gasteiger partial charge in [-0.25, -0.2) is 0 Å². The van der Waals surface area contributed by atoms with E-state index in [4.69, 9.17) is 0 Å². The van der Waals surface area contributed by atoms with Gasteiger partial charge < -0.3 is 4.11 Å². The lowest BCUT2D eigenvalue weighted by Crippen LogP contribution is -2.49. The monoisotopic (exact) mass is 248 g/mol. The second kappa shape index (κ2) is 3.99. The third-order valence-electron chi connectivity index (χ3n) is 4.37. The smallest absolute Gasteiger partial charge is 0.246 e. The average molecular weight is 249 g/mol. The van der Waals surface area contributed by atoms with Crippen molar-refractivity contribution >= 4 is 16.5 Å². The molecule has 0 aliphatic carbocycles. The number of hydrogen-bond acceptors (Lipinski definition) is 0.